The van der Waals surface area contributed by atoms with Crippen molar-refractivity contribution >= 4 is 5.91 Å². The third-order valence-electron chi connectivity index (χ3n) is 6.92. The van der Waals surface area contributed by atoms with Crippen LogP contribution < -0.4 is 10.1 Å². The molecule has 0 radical (unpaired) electrons. The van der Waals surface area contributed by atoms with Gasteiger partial charge in [0.15, 0.2) is 0 Å². The Hall–Kier alpha value is -1.55. The van der Waals surface area contributed by atoms with Gasteiger partial charge in [-0.05, 0) is 61.7 Å². The molecule has 1 atom stereocenters. The fourth-order valence-electron chi connectivity index (χ4n) is 4.72. The second-order valence-corrected chi connectivity index (χ2v) is 8.46. The van der Waals surface area contributed by atoms with Crippen LogP contribution in [0.1, 0.15) is 51.5 Å². The first-order valence-electron chi connectivity index (χ1n) is 10.7. The number of rotatable bonds is 9. The second kappa shape index (κ2) is 9.09. The summed E-state index contributed by atoms with van der Waals surface area (Å²) in [5.74, 6) is 2.23. The molecule has 1 aliphatic heterocycles. The molecule has 4 heteroatoms. The number of hydrogen-bond acceptors (Lipinski definition) is 3. The molecule has 1 aromatic carbocycles. The van der Waals surface area contributed by atoms with Crippen LogP contribution in [0, 0.1) is 17.3 Å². The van der Waals surface area contributed by atoms with Crippen LogP contribution >= 0.6 is 0 Å². The van der Waals surface area contributed by atoms with Crippen LogP contribution in [0.5, 0.6) is 5.75 Å². The molecular formula is C23H36N2O2. The number of carbonyl (C=O) groups excluding carboxylic acids is 1. The minimum Gasteiger partial charge on any atom is -0.496 e. The van der Waals surface area contributed by atoms with E-state index in [1.807, 2.05) is 18.2 Å². The number of likely N-dealkylation sites (tertiary alicyclic amines) is 1. The lowest BCUT2D eigenvalue weighted by Gasteiger charge is -2.34. The summed E-state index contributed by atoms with van der Waals surface area (Å²) in [5, 5.41) is 3.17. The number of amides is 1. The predicted molar refractivity (Wildman–Crippen MR) is 110 cm³/mol. The van der Waals surface area contributed by atoms with Crippen molar-refractivity contribution in [3.05, 3.63) is 29.8 Å². The van der Waals surface area contributed by atoms with Gasteiger partial charge in [-0.2, -0.15) is 0 Å². The van der Waals surface area contributed by atoms with E-state index in [9.17, 15) is 4.79 Å². The van der Waals surface area contributed by atoms with Gasteiger partial charge in [-0.15, -0.1) is 0 Å². The van der Waals surface area contributed by atoms with Gasteiger partial charge in [0.25, 0.3) is 0 Å². The van der Waals surface area contributed by atoms with Gasteiger partial charge in [0, 0.05) is 19.0 Å². The molecule has 0 aromatic heterocycles. The fourth-order valence-corrected chi connectivity index (χ4v) is 4.72. The number of ether oxygens (including phenoxy) is 1. The Morgan fingerprint density at radius 3 is 2.63 bits per heavy atom. The molecule has 3 rings (SSSR count). The Morgan fingerprint density at radius 2 is 1.96 bits per heavy atom. The van der Waals surface area contributed by atoms with Crippen LogP contribution in [0.3, 0.4) is 0 Å². The zero-order valence-corrected chi connectivity index (χ0v) is 17.3. The summed E-state index contributed by atoms with van der Waals surface area (Å²) >= 11 is 0. The zero-order chi connectivity index (χ0) is 19.3. The molecule has 0 unspecified atom stereocenters. The van der Waals surface area contributed by atoms with Crippen molar-refractivity contribution in [2.75, 3.05) is 33.3 Å². The van der Waals surface area contributed by atoms with Gasteiger partial charge in [0.2, 0.25) is 5.91 Å². The summed E-state index contributed by atoms with van der Waals surface area (Å²) in [6, 6.07) is 8.04. The van der Waals surface area contributed by atoms with E-state index in [0.717, 1.165) is 30.1 Å². The average Bonchev–Trinajstić information content (AvgIpc) is 3.41. The molecule has 2 aliphatic rings. The number of benzene rings is 1. The smallest absolute Gasteiger partial charge is 0.223 e. The lowest BCUT2D eigenvalue weighted by molar-refractivity contribution is -0.123. The summed E-state index contributed by atoms with van der Waals surface area (Å²) < 4.78 is 5.39. The van der Waals surface area contributed by atoms with E-state index in [-0.39, 0.29) is 11.8 Å². The first kappa shape index (κ1) is 20.2. The van der Waals surface area contributed by atoms with Crippen LogP contribution in [-0.4, -0.2) is 44.1 Å². The molecule has 1 N–H and O–H groups in total. The molecule has 2 fully saturated rings. The van der Waals surface area contributed by atoms with Gasteiger partial charge in [0.1, 0.15) is 5.75 Å². The highest BCUT2D eigenvalue weighted by molar-refractivity contribution is 5.82. The molecule has 27 heavy (non-hydrogen) atoms. The number of piperidine rings is 1. The number of nitrogens with one attached hydrogen (secondary N) is 1. The van der Waals surface area contributed by atoms with Crippen LogP contribution in [-0.2, 0) is 11.2 Å². The maximum absolute atomic E-state index is 12.6. The fraction of sp³-hybridized carbons (Fsp3) is 0.696. The largest absolute Gasteiger partial charge is 0.496 e. The summed E-state index contributed by atoms with van der Waals surface area (Å²) in [5.41, 5.74) is 1.46. The highest BCUT2D eigenvalue weighted by atomic mass is 16.5. The van der Waals surface area contributed by atoms with Crippen LogP contribution in [0.2, 0.25) is 0 Å². The number of nitrogens with zero attached hydrogens (tertiary/aromatic N) is 1. The van der Waals surface area contributed by atoms with E-state index in [0.29, 0.717) is 12.0 Å². The monoisotopic (exact) mass is 372 g/mol. The average molecular weight is 373 g/mol. The standard InChI is InChI=1S/C23H36N2O2/c1-4-18(5-2)17-25-14-11-23(12-15-25)16-20(23)22(26)24-13-10-19-8-6-7-9-21(19)27-3/h6-9,18,20H,4-5,10-17H2,1-3H3,(H,24,26)/t20-/m1/s1. The topological polar surface area (TPSA) is 41.6 Å². The third kappa shape index (κ3) is 4.84. The van der Waals surface area contributed by atoms with Crippen LogP contribution in [0.25, 0.3) is 0 Å². The van der Waals surface area contributed by atoms with Crippen molar-refractivity contribution in [1.82, 2.24) is 10.2 Å². The van der Waals surface area contributed by atoms with E-state index in [1.54, 1.807) is 7.11 Å². The van der Waals surface area contributed by atoms with Crippen molar-refractivity contribution in [2.24, 2.45) is 17.3 Å². The van der Waals surface area contributed by atoms with Gasteiger partial charge in [-0.3, -0.25) is 4.79 Å². The maximum Gasteiger partial charge on any atom is 0.223 e. The van der Waals surface area contributed by atoms with Crippen molar-refractivity contribution < 1.29 is 9.53 Å². The minimum absolute atomic E-state index is 0.241. The lowest BCUT2D eigenvalue weighted by Crippen LogP contribution is -2.39. The maximum atomic E-state index is 12.6. The molecule has 1 spiro atoms. The van der Waals surface area contributed by atoms with E-state index in [1.165, 1.54) is 45.3 Å². The van der Waals surface area contributed by atoms with Crippen molar-refractivity contribution in [3.63, 3.8) is 0 Å². The molecule has 1 aliphatic carbocycles. The van der Waals surface area contributed by atoms with Gasteiger partial charge < -0.3 is 15.0 Å². The number of para-hydroxylation sites is 1. The summed E-state index contributed by atoms with van der Waals surface area (Å²) in [6.07, 6.45) is 6.84. The van der Waals surface area contributed by atoms with Crippen LogP contribution in [0.15, 0.2) is 24.3 Å². The molecular weight excluding hydrogens is 336 g/mol. The Balaban J connectivity index is 1.40. The molecule has 150 valence electrons. The molecule has 1 saturated heterocycles. The van der Waals surface area contributed by atoms with Gasteiger partial charge in [-0.25, -0.2) is 0 Å². The normalized spacial score (nSPS) is 21.4. The highest BCUT2D eigenvalue weighted by Crippen LogP contribution is 2.59. The van der Waals surface area contributed by atoms with Gasteiger partial charge in [-0.1, -0.05) is 44.9 Å². The summed E-state index contributed by atoms with van der Waals surface area (Å²) in [6.45, 7) is 8.85. The molecule has 1 amide bonds. The van der Waals surface area contributed by atoms with Gasteiger partial charge in [0.05, 0.1) is 7.11 Å². The number of hydrogen-bond donors (Lipinski definition) is 1. The number of carbonyl (C=O) groups is 1. The Kier molecular flexibility index (Phi) is 6.80. The third-order valence-corrected chi connectivity index (χ3v) is 6.92. The van der Waals surface area contributed by atoms with E-state index in [4.69, 9.17) is 4.74 Å². The quantitative estimate of drug-likeness (QED) is 0.715. The molecule has 1 aromatic rings. The Morgan fingerprint density at radius 1 is 1.26 bits per heavy atom. The summed E-state index contributed by atoms with van der Waals surface area (Å²) in [4.78, 5) is 15.2. The summed E-state index contributed by atoms with van der Waals surface area (Å²) in [7, 11) is 1.70. The highest BCUT2D eigenvalue weighted by Gasteiger charge is 2.58. The van der Waals surface area contributed by atoms with Crippen molar-refractivity contribution in [2.45, 2.75) is 52.4 Å². The predicted octanol–water partition coefficient (Wildman–Crippen LogP) is 3.89. The SMILES string of the molecule is CCC(CC)CN1CCC2(CC1)C[C@@H]2C(=O)NCCc1ccccc1OC. The molecule has 1 heterocycles. The van der Waals surface area contributed by atoms with E-state index >= 15 is 0 Å². The second-order valence-electron chi connectivity index (χ2n) is 8.46. The van der Waals surface area contributed by atoms with Crippen molar-refractivity contribution in [1.29, 1.82) is 0 Å². The number of methoxy groups -OCH3 is 1. The Labute approximate surface area is 164 Å². The lowest BCUT2D eigenvalue weighted by atomic mass is 9.89. The van der Waals surface area contributed by atoms with Crippen LogP contribution in [0.4, 0.5) is 0 Å². The first-order chi connectivity index (χ1) is 13.1. The zero-order valence-electron chi connectivity index (χ0n) is 17.3. The Bertz CT molecular complexity index is 619. The minimum atomic E-state index is 0.241. The molecule has 1 saturated carbocycles. The molecule has 0 bridgehead atoms. The van der Waals surface area contributed by atoms with E-state index in [2.05, 4.69) is 30.1 Å². The van der Waals surface area contributed by atoms with Gasteiger partial charge >= 0.3 is 0 Å². The first-order valence-corrected chi connectivity index (χ1v) is 10.7. The molecule has 4 nitrogen and oxygen atoms in total. The van der Waals surface area contributed by atoms with Crippen molar-refractivity contribution in [3.8, 4) is 5.75 Å². The van der Waals surface area contributed by atoms with E-state index < -0.39 is 0 Å².